The molecule has 0 aliphatic heterocycles. The Kier molecular flexibility index (Phi) is 4.27. The van der Waals surface area contributed by atoms with Gasteiger partial charge < -0.3 is 10.5 Å². The zero-order chi connectivity index (χ0) is 13.1. The van der Waals surface area contributed by atoms with Crippen molar-refractivity contribution in [2.24, 2.45) is 5.73 Å². The molecule has 2 aromatic rings. The van der Waals surface area contributed by atoms with Crippen molar-refractivity contribution < 1.29 is 4.74 Å². The molecule has 0 spiro atoms. The second-order valence-corrected chi connectivity index (χ2v) is 5.32. The normalized spacial score (nSPS) is 10.4. The lowest BCUT2D eigenvalue weighted by Gasteiger charge is -2.12. The number of hydrogen-bond acceptors (Lipinski definition) is 2. The molecule has 0 heterocycles. The number of ether oxygens (including phenoxy) is 1. The molecule has 2 rings (SSSR count). The second kappa shape index (κ2) is 5.74. The highest BCUT2D eigenvalue weighted by atomic mass is 79.9. The van der Waals surface area contributed by atoms with Crippen molar-refractivity contribution >= 4 is 27.5 Å². The van der Waals surface area contributed by atoms with Crippen molar-refractivity contribution in [1.29, 1.82) is 0 Å². The molecule has 0 saturated carbocycles. The van der Waals surface area contributed by atoms with Crippen molar-refractivity contribution in [3.63, 3.8) is 0 Å². The summed E-state index contributed by atoms with van der Waals surface area (Å²) in [6, 6.07) is 11.4. The number of benzene rings is 2. The Hall–Kier alpha value is -1.03. The van der Waals surface area contributed by atoms with Crippen molar-refractivity contribution in [2.45, 2.75) is 13.5 Å². The van der Waals surface area contributed by atoms with Crippen LogP contribution in [-0.2, 0) is 6.54 Å². The SMILES string of the molecule is Cc1ccc(Br)cc1Oc1cc(Cl)ccc1CN. The molecule has 2 N–H and O–H groups in total. The third-order valence-electron chi connectivity index (χ3n) is 2.62. The molecule has 0 atom stereocenters. The van der Waals surface area contributed by atoms with Gasteiger partial charge in [0.2, 0.25) is 0 Å². The van der Waals surface area contributed by atoms with E-state index in [4.69, 9.17) is 22.1 Å². The summed E-state index contributed by atoms with van der Waals surface area (Å²) in [4.78, 5) is 0. The fourth-order valence-electron chi connectivity index (χ4n) is 1.59. The molecule has 0 amide bonds. The van der Waals surface area contributed by atoms with Crippen LogP contribution in [0.2, 0.25) is 5.02 Å². The third kappa shape index (κ3) is 3.05. The van der Waals surface area contributed by atoms with Gasteiger partial charge >= 0.3 is 0 Å². The summed E-state index contributed by atoms with van der Waals surface area (Å²) in [6.07, 6.45) is 0. The summed E-state index contributed by atoms with van der Waals surface area (Å²) >= 11 is 9.41. The molecule has 2 aromatic carbocycles. The van der Waals surface area contributed by atoms with E-state index in [1.54, 1.807) is 6.07 Å². The van der Waals surface area contributed by atoms with Crippen LogP contribution in [0.15, 0.2) is 40.9 Å². The van der Waals surface area contributed by atoms with Crippen LogP contribution in [0.4, 0.5) is 0 Å². The minimum Gasteiger partial charge on any atom is -0.457 e. The maximum absolute atomic E-state index is 5.98. The minimum absolute atomic E-state index is 0.416. The quantitative estimate of drug-likeness (QED) is 0.890. The van der Waals surface area contributed by atoms with Gasteiger partial charge in [0.15, 0.2) is 0 Å². The zero-order valence-corrected chi connectivity index (χ0v) is 12.3. The van der Waals surface area contributed by atoms with Crippen LogP contribution in [0.5, 0.6) is 11.5 Å². The van der Waals surface area contributed by atoms with Crippen LogP contribution >= 0.6 is 27.5 Å². The van der Waals surface area contributed by atoms with E-state index in [0.717, 1.165) is 21.3 Å². The molecule has 0 saturated heterocycles. The summed E-state index contributed by atoms with van der Waals surface area (Å²) in [6.45, 7) is 2.41. The first-order chi connectivity index (χ1) is 8.60. The Morgan fingerprint density at radius 1 is 1.17 bits per heavy atom. The van der Waals surface area contributed by atoms with Gasteiger partial charge in [-0.2, -0.15) is 0 Å². The molecule has 0 aliphatic rings. The highest BCUT2D eigenvalue weighted by Crippen LogP contribution is 2.31. The summed E-state index contributed by atoms with van der Waals surface area (Å²) in [5.41, 5.74) is 7.68. The van der Waals surface area contributed by atoms with Gasteiger partial charge in [0.25, 0.3) is 0 Å². The van der Waals surface area contributed by atoms with Gasteiger partial charge in [-0.25, -0.2) is 0 Å². The Morgan fingerprint density at radius 2 is 1.94 bits per heavy atom. The van der Waals surface area contributed by atoms with E-state index in [1.165, 1.54) is 0 Å². The Balaban J connectivity index is 2.38. The van der Waals surface area contributed by atoms with Gasteiger partial charge in [-0.15, -0.1) is 0 Å². The van der Waals surface area contributed by atoms with Gasteiger partial charge in [0, 0.05) is 21.6 Å². The van der Waals surface area contributed by atoms with E-state index < -0.39 is 0 Å². The minimum atomic E-state index is 0.416. The summed E-state index contributed by atoms with van der Waals surface area (Å²) in [5, 5.41) is 0.634. The predicted octanol–water partition coefficient (Wildman–Crippen LogP) is 4.66. The first-order valence-electron chi connectivity index (χ1n) is 5.52. The first kappa shape index (κ1) is 13.4. The Labute approximate surface area is 120 Å². The Morgan fingerprint density at radius 3 is 2.67 bits per heavy atom. The third-order valence-corrected chi connectivity index (χ3v) is 3.35. The molecule has 18 heavy (non-hydrogen) atoms. The van der Waals surface area contributed by atoms with E-state index in [1.807, 2.05) is 37.3 Å². The average molecular weight is 327 g/mol. The smallest absolute Gasteiger partial charge is 0.133 e. The van der Waals surface area contributed by atoms with Crippen LogP contribution in [0, 0.1) is 6.92 Å². The van der Waals surface area contributed by atoms with E-state index in [0.29, 0.717) is 17.3 Å². The lowest BCUT2D eigenvalue weighted by Crippen LogP contribution is -1.99. The molecule has 0 fully saturated rings. The van der Waals surface area contributed by atoms with Crippen LogP contribution in [0.1, 0.15) is 11.1 Å². The van der Waals surface area contributed by atoms with Crippen molar-refractivity contribution in [3.05, 3.63) is 57.0 Å². The Bertz CT molecular complexity index is 572. The predicted molar refractivity (Wildman–Crippen MR) is 78.3 cm³/mol. The molecule has 0 aromatic heterocycles. The first-order valence-corrected chi connectivity index (χ1v) is 6.70. The number of aryl methyl sites for hydroxylation is 1. The van der Waals surface area contributed by atoms with Crippen LogP contribution in [0.25, 0.3) is 0 Å². The molecule has 94 valence electrons. The van der Waals surface area contributed by atoms with Crippen LogP contribution < -0.4 is 10.5 Å². The molecule has 0 unspecified atom stereocenters. The molecule has 2 nitrogen and oxygen atoms in total. The molecule has 4 heteroatoms. The number of nitrogens with two attached hydrogens (primary N) is 1. The fourth-order valence-corrected chi connectivity index (χ4v) is 2.10. The van der Waals surface area contributed by atoms with Gasteiger partial charge in [-0.1, -0.05) is 39.7 Å². The summed E-state index contributed by atoms with van der Waals surface area (Å²) in [5.74, 6) is 1.49. The lowest BCUT2D eigenvalue weighted by atomic mass is 10.2. The van der Waals surface area contributed by atoms with E-state index in [2.05, 4.69) is 15.9 Å². The maximum Gasteiger partial charge on any atom is 0.133 e. The number of rotatable bonds is 3. The fraction of sp³-hybridized carbons (Fsp3) is 0.143. The average Bonchev–Trinajstić information content (AvgIpc) is 2.34. The highest BCUT2D eigenvalue weighted by molar-refractivity contribution is 9.10. The topological polar surface area (TPSA) is 35.2 Å². The number of halogens is 2. The van der Waals surface area contributed by atoms with Gasteiger partial charge in [-0.3, -0.25) is 0 Å². The molecule has 0 bridgehead atoms. The van der Waals surface area contributed by atoms with Crippen LogP contribution in [0.3, 0.4) is 0 Å². The molecule has 0 aliphatic carbocycles. The van der Waals surface area contributed by atoms with Gasteiger partial charge in [-0.05, 0) is 36.8 Å². The lowest BCUT2D eigenvalue weighted by molar-refractivity contribution is 0.472. The second-order valence-electron chi connectivity index (χ2n) is 3.97. The molecular formula is C14H13BrClNO. The maximum atomic E-state index is 5.98. The zero-order valence-electron chi connectivity index (χ0n) is 9.91. The van der Waals surface area contributed by atoms with E-state index >= 15 is 0 Å². The monoisotopic (exact) mass is 325 g/mol. The highest BCUT2D eigenvalue weighted by Gasteiger charge is 2.07. The van der Waals surface area contributed by atoms with E-state index in [-0.39, 0.29) is 0 Å². The standard InChI is InChI=1S/C14H13BrClNO/c1-9-2-4-11(15)6-13(9)18-14-7-12(16)5-3-10(14)8-17/h2-7H,8,17H2,1H3. The number of hydrogen-bond donors (Lipinski definition) is 1. The summed E-state index contributed by atoms with van der Waals surface area (Å²) in [7, 11) is 0. The molecule has 0 radical (unpaired) electrons. The van der Waals surface area contributed by atoms with Crippen molar-refractivity contribution in [2.75, 3.05) is 0 Å². The van der Waals surface area contributed by atoms with Crippen molar-refractivity contribution in [3.8, 4) is 11.5 Å². The van der Waals surface area contributed by atoms with Gasteiger partial charge in [0.1, 0.15) is 11.5 Å². The largest absolute Gasteiger partial charge is 0.457 e. The van der Waals surface area contributed by atoms with Crippen molar-refractivity contribution in [1.82, 2.24) is 0 Å². The van der Waals surface area contributed by atoms with Gasteiger partial charge in [0.05, 0.1) is 0 Å². The van der Waals surface area contributed by atoms with Crippen LogP contribution in [-0.4, -0.2) is 0 Å². The summed E-state index contributed by atoms with van der Waals surface area (Å²) < 4.78 is 6.87. The van der Waals surface area contributed by atoms with E-state index in [9.17, 15) is 0 Å². The molecular weight excluding hydrogens is 314 g/mol.